The molecule has 2 aromatic rings. The van der Waals surface area contributed by atoms with Crippen molar-refractivity contribution < 1.29 is 5.11 Å². The molecule has 4 rings (SSSR count). The molecule has 1 N–H and O–H groups in total. The summed E-state index contributed by atoms with van der Waals surface area (Å²) in [4.78, 5) is 6.94. The van der Waals surface area contributed by atoms with E-state index in [1.54, 1.807) is 0 Å². The fourth-order valence-corrected chi connectivity index (χ4v) is 4.33. The van der Waals surface area contributed by atoms with Crippen molar-refractivity contribution in [2.45, 2.75) is 25.0 Å². The Bertz CT molecular complexity index is 639. The van der Waals surface area contributed by atoms with Crippen LogP contribution < -0.4 is 0 Å². The van der Waals surface area contributed by atoms with Gasteiger partial charge < -0.3 is 14.6 Å². The summed E-state index contributed by atoms with van der Waals surface area (Å²) in [6.07, 6.45) is 5.56. The first kappa shape index (κ1) is 14.0. The normalized spacial score (nSPS) is 32.1. The highest BCUT2D eigenvalue weighted by atomic mass is 16.3. The van der Waals surface area contributed by atoms with E-state index in [0.717, 1.165) is 37.3 Å². The molecule has 1 aliphatic carbocycles. The Labute approximate surface area is 131 Å². The molecule has 1 aromatic heterocycles. The second-order valence-corrected chi connectivity index (χ2v) is 6.87. The van der Waals surface area contributed by atoms with E-state index < -0.39 is 0 Å². The lowest BCUT2D eigenvalue weighted by atomic mass is 9.77. The van der Waals surface area contributed by atoms with Crippen molar-refractivity contribution in [2.75, 3.05) is 20.1 Å². The third-order valence-electron chi connectivity index (χ3n) is 5.35. The number of rotatable bonds is 2. The number of aliphatic hydroxyl groups is 1. The standard InChI is InChI=1S/C18H23N3O/c1-20-11-14-9-16(17(22)10-15(14)12-20)21-8-7-19-18(21)13-5-3-2-4-6-13/h2-8,14-17,22H,9-12H2,1H3/t14-,15+,16-,17-/m0/s1. The van der Waals surface area contributed by atoms with Gasteiger partial charge in [0.1, 0.15) is 5.82 Å². The maximum atomic E-state index is 10.7. The zero-order valence-corrected chi connectivity index (χ0v) is 13.0. The average molecular weight is 297 g/mol. The van der Waals surface area contributed by atoms with Crippen LogP contribution in [0.4, 0.5) is 0 Å². The minimum atomic E-state index is -0.274. The van der Waals surface area contributed by atoms with Crippen LogP contribution in [0, 0.1) is 11.8 Å². The van der Waals surface area contributed by atoms with Crippen LogP contribution in [-0.4, -0.2) is 45.8 Å². The lowest BCUT2D eigenvalue weighted by Crippen LogP contribution is -2.36. The molecule has 2 heterocycles. The van der Waals surface area contributed by atoms with E-state index in [1.807, 2.05) is 30.6 Å². The van der Waals surface area contributed by atoms with Crippen LogP contribution in [0.3, 0.4) is 0 Å². The van der Waals surface area contributed by atoms with Crippen molar-refractivity contribution in [3.63, 3.8) is 0 Å². The lowest BCUT2D eigenvalue weighted by molar-refractivity contribution is 0.0365. The van der Waals surface area contributed by atoms with Gasteiger partial charge >= 0.3 is 0 Å². The van der Waals surface area contributed by atoms with E-state index >= 15 is 0 Å². The number of aliphatic hydroxyl groups excluding tert-OH is 1. The Balaban J connectivity index is 1.64. The van der Waals surface area contributed by atoms with Gasteiger partial charge in [-0.1, -0.05) is 30.3 Å². The molecule has 1 saturated heterocycles. The van der Waals surface area contributed by atoms with Crippen LogP contribution in [0.15, 0.2) is 42.7 Å². The van der Waals surface area contributed by atoms with Crippen LogP contribution in [0.1, 0.15) is 18.9 Å². The van der Waals surface area contributed by atoms with Gasteiger partial charge in [0.25, 0.3) is 0 Å². The molecule has 0 unspecified atom stereocenters. The Morgan fingerprint density at radius 2 is 1.82 bits per heavy atom. The highest BCUT2D eigenvalue weighted by Gasteiger charge is 2.41. The van der Waals surface area contributed by atoms with Crippen LogP contribution >= 0.6 is 0 Å². The third kappa shape index (κ3) is 2.36. The van der Waals surface area contributed by atoms with Crippen LogP contribution in [0.5, 0.6) is 0 Å². The van der Waals surface area contributed by atoms with Crippen molar-refractivity contribution in [3.8, 4) is 11.4 Å². The molecular weight excluding hydrogens is 274 g/mol. The van der Waals surface area contributed by atoms with Gasteiger partial charge in [0, 0.05) is 31.0 Å². The van der Waals surface area contributed by atoms with E-state index in [9.17, 15) is 5.11 Å². The van der Waals surface area contributed by atoms with Crippen molar-refractivity contribution in [2.24, 2.45) is 11.8 Å². The lowest BCUT2D eigenvalue weighted by Gasteiger charge is -2.36. The van der Waals surface area contributed by atoms with E-state index in [1.165, 1.54) is 0 Å². The number of benzene rings is 1. The van der Waals surface area contributed by atoms with Crippen molar-refractivity contribution in [3.05, 3.63) is 42.7 Å². The number of imidazole rings is 1. The van der Waals surface area contributed by atoms with Crippen LogP contribution in [0.25, 0.3) is 11.4 Å². The molecule has 1 saturated carbocycles. The minimum Gasteiger partial charge on any atom is -0.391 e. The summed E-state index contributed by atoms with van der Waals surface area (Å²) in [6.45, 7) is 2.28. The van der Waals surface area contributed by atoms with E-state index in [0.29, 0.717) is 11.8 Å². The van der Waals surface area contributed by atoms with Crippen molar-refractivity contribution in [1.29, 1.82) is 0 Å². The van der Waals surface area contributed by atoms with E-state index in [-0.39, 0.29) is 12.1 Å². The topological polar surface area (TPSA) is 41.3 Å². The zero-order chi connectivity index (χ0) is 15.1. The van der Waals surface area contributed by atoms with E-state index in [2.05, 4.69) is 33.6 Å². The highest BCUT2D eigenvalue weighted by molar-refractivity contribution is 5.55. The van der Waals surface area contributed by atoms with Gasteiger partial charge in [-0.15, -0.1) is 0 Å². The molecule has 1 aliphatic heterocycles. The Hall–Kier alpha value is -1.65. The van der Waals surface area contributed by atoms with Gasteiger partial charge in [0.05, 0.1) is 12.1 Å². The Kier molecular flexibility index (Phi) is 3.51. The minimum absolute atomic E-state index is 0.144. The predicted octanol–water partition coefficient (Wildman–Crippen LogP) is 2.42. The number of hydrogen-bond donors (Lipinski definition) is 1. The van der Waals surface area contributed by atoms with Gasteiger partial charge in [-0.3, -0.25) is 0 Å². The molecule has 116 valence electrons. The molecule has 0 spiro atoms. The Morgan fingerprint density at radius 3 is 2.59 bits per heavy atom. The van der Waals surface area contributed by atoms with Gasteiger partial charge in [-0.05, 0) is 31.7 Å². The third-order valence-corrected chi connectivity index (χ3v) is 5.35. The molecule has 0 amide bonds. The average Bonchev–Trinajstić information content (AvgIpc) is 3.12. The summed E-state index contributed by atoms with van der Waals surface area (Å²) in [5.74, 6) is 2.32. The molecule has 2 aliphatic rings. The second-order valence-electron chi connectivity index (χ2n) is 6.87. The quantitative estimate of drug-likeness (QED) is 0.925. The summed E-state index contributed by atoms with van der Waals surface area (Å²) in [7, 11) is 2.19. The second kappa shape index (κ2) is 5.52. The molecule has 4 atom stereocenters. The predicted molar refractivity (Wildman–Crippen MR) is 86.4 cm³/mol. The molecular formula is C18H23N3O. The van der Waals surface area contributed by atoms with Gasteiger partial charge in [-0.25, -0.2) is 4.98 Å². The number of nitrogens with zero attached hydrogens (tertiary/aromatic N) is 3. The molecule has 0 bridgehead atoms. The summed E-state index contributed by atoms with van der Waals surface area (Å²) in [5.41, 5.74) is 1.12. The van der Waals surface area contributed by atoms with Crippen LogP contribution in [0.2, 0.25) is 0 Å². The fourth-order valence-electron chi connectivity index (χ4n) is 4.33. The Morgan fingerprint density at radius 1 is 1.09 bits per heavy atom. The van der Waals surface area contributed by atoms with Gasteiger partial charge in [0.15, 0.2) is 0 Å². The summed E-state index contributed by atoms with van der Waals surface area (Å²) in [6, 6.07) is 10.4. The first-order valence-electron chi connectivity index (χ1n) is 8.17. The number of likely N-dealkylation sites (tertiary alicyclic amines) is 1. The molecule has 22 heavy (non-hydrogen) atoms. The molecule has 4 heteroatoms. The SMILES string of the molecule is CN1C[C@H]2C[C@H](O)[C@@H](n3ccnc3-c3ccccc3)C[C@H]2C1. The van der Waals surface area contributed by atoms with Gasteiger partial charge in [-0.2, -0.15) is 0 Å². The molecule has 2 fully saturated rings. The first-order chi connectivity index (χ1) is 10.7. The smallest absolute Gasteiger partial charge is 0.140 e. The summed E-state index contributed by atoms with van der Waals surface area (Å²) >= 11 is 0. The fraction of sp³-hybridized carbons (Fsp3) is 0.500. The van der Waals surface area contributed by atoms with Crippen molar-refractivity contribution >= 4 is 0 Å². The molecule has 4 nitrogen and oxygen atoms in total. The number of fused-ring (bicyclic) bond motifs is 1. The molecule has 1 aromatic carbocycles. The zero-order valence-electron chi connectivity index (χ0n) is 13.0. The highest BCUT2D eigenvalue weighted by Crippen LogP contribution is 2.42. The number of hydrogen-bond acceptors (Lipinski definition) is 3. The van der Waals surface area contributed by atoms with Crippen molar-refractivity contribution in [1.82, 2.24) is 14.5 Å². The summed E-state index contributed by atoms with van der Waals surface area (Å²) in [5, 5.41) is 10.7. The summed E-state index contributed by atoms with van der Waals surface area (Å²) < 4.78 is 2.19. The first-order valence-corrected chi connectivity index (χ1v) is 8.17. The van der Waals surface area contributed by atoms with Crippen LogP contribution in [-0.2, 0) is 0 Å². The number of aromatic nitrogens is 2. The monoisotopic (exact) mass is 297 g/mol. The van der Waals surface area contributed by atoms with E-state index in [4.69, 9.17) is 0 Å². The maximum Gasteiger partial charge on any atom is 0.140 e. The maximum absolute atomic E-state index is 10.7. The largest absolute Gasteiger partial charge is 0.391 e. The molecule has 0 radical (unpaired) electrons. The van der Waals surface area contributed by atoms with Gasteiger partial charge in [0.2, 0.25) is 0 Å².